The first-order chi connectivity index (χ1) is 25.1. The number of aliphatic hydroxyl groups excluding tert-OH is 1. The van der Waals surface area contributed by atoms with Gasteiger partial charge >= 0.3 is 0 Å². The van der Waals surface area contributed by atoms with Crippen molar-refractivity contribution in [1.29, 1.82) is 0 Å². The van der Waals surface area contributed by atoms with Crippen molar-refractivity contribution in [3.63, 3.8) is 0 Å². The van der Waals surface area contributed by atoms with Crippen LogP contribution in [0.3, 0.4) is 0 Å². The van der Waals surface area contributed by atoms with E-state index in [-0.39, 0.29) is 40.8 Å². The molecule has 5 aliphatic carbocycles. The zero-order valence-corrected chi connectivity index (χ0v) is 36.2. The molecule has 54 heavy (non-hydrogen) atoms. The third-order valence-electron chi connectivity index (χ3n) is 17.8. The minimum atomic E-state index is -1.00. The highest BCUT2D eigenvalue weighted by atomic mass is 16.7. The first-order valence-corrected chi connectivity index (χ1v) is 22.1. The Balaban J connectivity index is 1.00. The number of rotatable bonds is 14. The van der Waals surface area contributed by atoms with Crippen LogP contribution >= 0.6 is 0 Å². The molecule has 5 saturated carbocycles. The predicted octanol–water partition coefficient (Wildman–Crippen LogP) is 6.36. The average molecular weight is 761 g/mol. The van der Waals surface area contributed by atoms with Crippen molar-refractivity contribution in [2.45, 2.75) is 169 Å². The Morgan fingerprint density at radius 3 is 2.24 bits per heavy atom. The molecule has 0 aromatic heterocycles. The van der Waals surface area contributed by atoms with E-state index in [0.29, 0.717) is 47.0 Å². The summed E-state index contributed by atoms with van der Waals surface area (Å²) in [4.78, 5) is 4.93. The molecule has 0 bridgehead atoms. The summed E-state index contributed by atoms with van der Waals surface area (Å²) >= 11 is 0. The lowest BCUT2D eigenvalue weighted by Gasteiger charge is -2.64. The van der Waals surface area contributed by atoms with Crippen molar-refractivity contribution in [2.24, 2.45) is 56.7 Å². The Morgan fingerprint density at radius 1 is 0.907 bits per heavy atom. The van der Waals surface area contributed by atoms with E-state index in [0.717, 1.165) is 65.1 Å². The largest absolute Gasteiger partial charge is 0.393 e. The summed E-state index contributed by atoms with van der Waals surface area (Å²) in [5, 5.41) is 33.5. The van der Waals surface area contributed by atoms with E-state index in [4.69, 9.17) is 18.9 Å². The predicted molar refractivity (Wildman–Crippen MR) is 212 cm³/mol. The van der Waals surface area contributed by atoms with Crippen LogP contribution in [0.25, 0.3) is 0 Å². The van der Waals surface area contributed by atoms with Gasteiger partial charge in [0.05, 0.1) is 36.1 Å². The Morgan fingerprint density at radius 2 is 1.59 bits per heavy atom. The van der Waals surface area contributed by atoms with Crippen molar-refractivity contribution >= 4 is 0 Å². The number of hydrogen-bond donors (Lipinski definition) is 3. The van der Waals surface area contributed by atoms with Crippen molar-refractivity contribution in [1.82, 2.24) is 9.80 Å². The summed E-state index contributed by atoms with van der Waals surface area (Å²) in [6, 6.07) is 0. The van der Waals surface area contributed by atoms with Gasteiger partial charge in [-0.1, -0.05) is 34.6 Å². The molecule has 7 fully saturated rings. The summed E-state index contributed by atoms with van der Waals surface area (Å²) < 4.78 is 25.5. The first-order valence-electron chi connectivity index (χ1n) is 22.1. The van der Waals surface area contributed by atoms with Crippen LogP contribution < -0.4 is 0 Å². The lowest BCUT2D eigenvalue weighted by atomic mass is 9.41. The van der Waals surface area contributed by atoms with Crippen molar-refractivity contribution in [3.05, 3.63) is 0 Å². The van der Waals surface area contributed by atoms with Crippen LogP contribution in [0.15, 0.2) is 0 Å². The van der Waals surface area contributed by atoms with Crippen LogP contribution in [0.1, 0.15) is 127 Å². The molecular weight excluding hydrogens is 681 g/mol. The van der Waals surface area contributed by atoms with Gasteiger partial charge in [-0.05, 0) is 144 Å². The summed E-state index contributed by atoms with van der Waals surface area (Å²) in [5.41, 5.74) is -0.917. The van der Waals surface area contributed by atoms with Gasteiger partial charge in [0, 0.05) is 58.4 Å². The molecular formula is C45H80N2O7. The Labute approximate surface area is 328 Å². The molecule has 0 aromatic carbocycles. The fourth-order valence-corrected chi connectivity index (χ4v) is 15.3. The molecule has 0 aromatic rings. The maximum Gasteiger partial charge on any atom is 0.170 e. The smallest absolute Gasteiger partial charge is 0.170 e. The standard InChI is InChI=1S/C45H80N2O7/c1-12-52-38(41(7,8)50)32(51-11)21-29(2)31-22-35(48)43(10)34-14-13-33-40(5,6)36(15-16-44(33)27-45(34,44)18-17-42(31,43)9)54-37-26-46(19-20-53-37)23-30-24-47(25-30)28-39(3,4)49/h29-38,48-50H,12-28H2,1-11H3/t29-,31-,32?,33+,34?,35+,36+,37+,38+,42-,43-,44-,45+/m1/s1. The van der Waals surface area contributed by atoms with Gasteiger partial charge in [0.25, 0.3) is 0 Å². The van der Waals surface area contributed by atoms with E-state index in [9.17, 15) is 15.3 Å². The molecule has 0 amide bonds. The number of nitrogens with zero attached hydrogens (tertiary/aromatic N) is 2. The normalized spacial score (nSPS) is 44.3. The van der Waals surface area contributed by atoms with Crippen LogP contribution in [0.5, 0.6) is 0 Å². The summed E-state index contributed by atoms with van der Waals surface area (Å²) in [6.07, 6.45) is 9.38. The molecule has 7 aliphatic rings. The van der Waals surface area contributed by atoms with E-state index in [1.54, 1.807) is 7.11 Å². The summed E-state index contributed by atoms with van der Waals surface area (Å²) in [6.45, 7) is 28.9. The SMILES string of the molecule is CCO[C@@H](C(C[C@@H](C)[C@H]1C[C@H](O)[C@@]2(C)C3CC[C@H]4C(C)(C)[C@@H](O[C@H]5CN(CC6CN(CC(C)(C)O)C6)CCO5)CC[C@@]45C[C@@]35CC[C@]12C)OC)C(C)(C)O. The summed E-state index contributed by atoms with van der Waals surface area (Å²) in [7, 11) is 1.75. The third-order valence-corrected chi connectivity index (χ3v) is 17.8. The monoisotopic (exact) mass is 761 g/mol. The molecule has 9 nitrogen and oxygen atoms in total. The van der Waals surface area contributed by atoms with E-state index in [2.05, 4.69) is 44.4 Å². The molecule has 7 rings (SSSR count). The Kier molecular flexibility index (Phi) is 11.2. The molecule has 2 aliphatic heterocycles. The Bertz CT molecular complexity index is 1330. The van der Waals surface area contributed by atoms with Gasteiger partial charge in [-0.25, -0.2) is 0 Å². The van der Waals surface area contributed by atoms with E-state index in [1.165, 1.54) is 38.5 Å². The number of methoxy groups -OCH3 is 1. The molecule has 13 atom stereocenters. The second-order valence-electron chi connectivity index (χ2n) is 22.2. The zero-order chi connectivity index (χ0) is 39.3. The van der Waals surface area contributed by atoms with Crippen LogP contribution in [-0.4, -0.2) is 127 Å². The van der Waals surface area contributed by atoms with Crippen LogP contribution in [0.2, 0.25) is 0 Å². The number of likely N-dealkylation sites (tertiary alicyclic amines) is 1. The highest BCUT2D eigenvalue weighted by molar-refractivity contribution is 5.31. The van der Waals surface area contributed by atoms with Gasteiger partial charge in [-0.2, -0.15) is 0 Å². The van der Waals surface area contributed by atoms with Crippen molar-refractivity contribution in [3.8, 4) is 0 Å². The molecule has 3 N–H and O–H groups in total. The van der Waals surface area contributed by atoms with Crippen molar-refractivity contribution in [2.75, 3.05) is 59.6 Å². The minimum Gasteiger partial charge on any atom is -0.393 e. The lowest BCUT2D eigenvalue weighted by molar-refractivity contribution is -0.250. The second kappa shape index (κ2) is 14.4. The second-order valence-corrected chi connectivity index (χ2v) is 22.2. The van der Waals surface area contributed by atoms with Crippen LogP contribution in [0.4, 0.5) is 0 Å². The van der Waals surface area contributed by atoms with Crippen LogP contribution in [-0.2, 0) is 18.9 Å². The minimum absolute atomic E-state index is 0.0553. The van der Waals surface area contributed by atoms with Gasteiger partial charge < -0.3 is 34.3 Å². The Hall–Kier alpha value is -0.360. The molecule has 2 saturated heterocycles. The molecule has 2 heterocycles. The molecule has 0 radical (unpaired) electrons. The third kappa shape index (κ3) is 6.79. The maximum atomic E-state index is 12.3. The number of fused-ring (bicyclic) bond motifs is 2. The van der Waals surface area contributed by atoms with E-state index in [1.807, 2.05) is 34.6 Å². The van der Waals surface area contributed by atoms with E-state index >= 15 is 0 Å². The maximum absolute atomic E-state index is 12.3. The highest BCUT2D eigenvalue weighted by Gasteiger charge is 2.83. The molecule has 9 heteroatoms. The molecule has 2 unspecified atom stereocenters. The topological polar surface area (TPSA) is 104 Å². The van der Waals surface area contributed by atoms with E-state index < -0.39 is 17.3 Å². The number of aliphatic hydroxyl groups is 3. The number of ether oxygens (including phenoxy) is 4. The van der Waals surface area contributed by atoms with Crippen molar-refractivity contribution < 1.29 is 34.3 Å². The summed E-state index contributed by atoms with van der Waals surface area (Å²) in [5.74, 6) is 2.58. The highest BCUT2D eigenvalue weighted by Crippen LogP contribution is 2.89. The fraction of sp³-hybridized carbons (Fsp3) is 1.00. The number of morpholine rings is 1. The lowest BCUT2D eigenvalue weighted by Crippen LogP contribution is -2.60. The molecule has 2 spiro atoms. The first kappa shape index (κ1) is 41.8. The van der Waals surface area contributed by atoms with Gasteiger partial charge in [0.2, 0.25) is 0 Å². The fourth-order valence-electron chi connectivity index (χ4n) is 15.3. The quantitative estimate of drug-likeness (QED) is 0.187. The van der Waals surface area contributed by atoms with Gasteiger partial charge in [0.15, 0.2) is 6.29 Å². The average Bonchev–Trinajstić information content (AvgIpc) is 3.68. The number of β-amino-alcohol motifs (C(OH)–C–C–N with tert-alkyl or cyclic N) is 1. The van der Waals surface area contributed by atoms with Gasteiger partial charge in [-0.15, -0.1) is 0 Å². The molecule has 312 valence electrons. The van der Waals surface area contributed by atoms with Gasteiger partial charge in [0.1, 0.15) is 6.10 Å². The number of hydrogen-bond acceptors (Lipinski definition) is 9. The van der Waals surface area contributed by atoms with Gasteiger partial charge in [-0.3, -0.25) is 9.80 Å². The van der Waals surface area contributed by atoms with Crippen LogP contribution in [0, 0.1) is 56.7 Å². The zero-order valence-electron chi connectivity index (χ0n) is 36.2.